The first-order valence-corrected chi connectivity index (χ1v) is 5.15. The molecular formula is C13H17O2. The number of ether oxygens (including phenoxy) is 1. The van der Waals surface area contributed by atoms with Gasteiger partial charge in [0, 0.05) is 0 Å². The Morgan fingerprint density at radius 2 is 1.93 bits per heavy atom. The maximum absolute atomic E-state index is 11.5. The summed E-state index contributed by atoms with van der Waals surface area (Å²) in [6.45, 7) is 8.03. The Morgan fingerprint density at radius 1 is 1.33 bits per heavy atom. The minimum Gasteiger partial charge on any atom is -0.461 e. The smallest absolute Gasteiger partial charge is 0.309 e. The maximum Gasteiger partial charge on any atom is 0.309 e. The molecule has 0 aliphatic heterocycles. The molecule has 0 N–H and O–H groups in total. The molecule has 1 rings (SSSR count). The van der Waals surface area contributed by atoms with Crippen LogP contribution in [0.15, 0.2) is 30.3 Å². The maximum atomic E-state index is 11.5. The van der Waals surface area contributed by atoms with Gasteiger partial charge in [0.1, 0.15) is 6.61 Å². The van der Waals surface area contributed by atoms with E-state index in [-0.39, 0.29) is 17.8 Å². The fourth-order valence-corrected chi connectivity index (χ4v) is 1.11. The summed E-state index contributed by atoms with van der Waals surface area (Å²) in [6, 6.07) is 9.64. The number of hydrogen-bond acceptors (Lipinski definition) is 2. The van der Waals surface area contributed by atoms with Gasteiger partial charge in [-0.1, -0.05) is 44.2 Å². The molecule has 1 aromatic rings. The van der Waals surface area contributed by atoms with Gasteiger partial charge in [-0.05, 0) is 18.4 Å². The third kappa shape index (κ3) is 3.74. The number of hydrogen-bond donors (Lipinski definition) is 0. The van der Waals surface area contributed by atoms with Crippen LogP contribution in [0.5, 0.6) is 0 Å². The van der Waals surface area contributed by atoms with Crippen LogP contribution in [0.2, 0.25) is 0 Å². The van der Waals surface area contributed by atoms with E-state index in [0.29, 0.717) is 6.61 Å². The van der Waals surface area contributed by atoms with E-state index in [4.69, 9.17) is 4.74 Å². The van der Waals surface area contributed by atoms with Crippen LogP contribution < -0.4 is 0 Å². The van der Waals surface area contributed by atoms with Crippen molar-refractivity contribution in [1.29, 1.82) is 0 Å². The molecule has 0 bridgehead atoms. The monoisotopic (exact) mass is 205 g/mol. The first kappa shape index (κ1) is 11.8. The zero-order chi connectivity index (χ0) is 11.3. The van der Waals surface area contributed by atoms with Gasteiger partial charge in [-0.2, -0.15) is 0 Å². The van der Waals surface area contributed by atoms with Crippen molar-refractivity contribution in [2.24, 2.45) is 11.8 Å². The molecule has 1 atom stereocenters. The fourth-order valence-electron chi connectivity index (χ4n) is 1.11. The van der Waals surface area contributed by atoms with Crippen molar-refractivity contribution >= 4 is 5.97 Å². The summed E-state index contributed by atoms with van der Waals surface area (Å²) in [5.74, 6) is -0.296. The predicted octanol–water partition coefficient (Wildman–Crippen LogP) is 2.84. The molecule has 15 heavy (non-hydrogen) atoms. The third-order valence-electron chi connectivity index (χ3n) is 2.33. The highest BCUT2D eigenvalue weighted by atomic mass is 16.5. The van der Waals surface area contributed by atoms with Gasteiger partial charge in [0.25, 0.3) is 0 Å². The van der Waals surface area contributed by atoms with E-state index < -0.39 is 0 Å². The van der Waals surface area contributed by atoms with Gasteiger partial charge in [0.2, 0.25) is 0 Å². The summed E-state index contributed by atoms with van der Waals surface area (Å²) < 4.78 is 5.15. The largest absolute Gasteiger partial charge is 0.461 e. The predicted molar refractivity (Wildman–Crippen MR) is 59.9 cm³/mol. The second-order valence-corrected chi connectivity index (χ2v) is 3.94. The lowest BCUT2D eigenvalue weighted by atomic mass is 9.99. The van der Waals surface area contributed by atoms with Gasteiger partial charge in [0.15, 0.2) is 0 Å². The van der Waals surface area contributed by atoms with Gasteiger partial charge in [0.05, 0.1) is 5.92 Å². The highest BCUT2D eigenvalue weighted by Crippen LogP contribution is 2.12. The first-order valence-electron chi connectivity index (χ1n) is 5.15. The molecule has 0 spiro atoms. The van der Waals surface area contributed by atoms with E-state index in [0.717, 1.165) is 5.56 Å². The van der Waals surface area contributed by atoms with Crippen LogP contribution in [-0.4, -0.2) is 5.97 Å². The third-order valence-corrected chi connectivity index (χ3v) is 2.33. The van der Waals surface area contributed by atoms with Crippen LogP contribution in [0.4, 0.5) is 0 Å². The van der Waals surface area contributed by atoms with Crippen LogP contribution in [-0.2, 0) is 16.1 Å². The zero-order valence-electron chi connectivity index (χ0n) is 9.27. The number of esters is 1. The molecule has 0 heterocycles. The Labute approximate surface area is 91.3 Å². The average Bonchev–Trinajstić information content (AvgIpc) is 2.26. The Kier molecular flexibility index (Phi) is 4.35. The molecule has 1 unspecified atom stereocenters. The first-order chi connectivity index (χ1) is 7.11. The zero-order valence-corrected chi connectivity index (χ0v) is 9.27. The lowest BCUT2D eigenvalue weighted by Gasteiger charge is -2.14. The number of rotatable bonds is 4. The van der Waals surface area contributed by atoms with E-state index in [1.54, 1.807) is 0 Å². The number of carbonyl (C=O) groups is 1. The van der Waals surface area contributed by atoms with Crippen LogP contribution in [0, 0.1) is 18.8 Å². The SMILES string of the molecule is [CH2]C(C(=O)OCc1ccccc1)C(C)C. The van der Waals surface area contributed by atoms with Crippen molar-refractivity contribution in [3.63, 3.8) is 0 Å². The molecule has 0 fully saturated rings. The minimum absolute atomic E-state index is 0.216. The second-order valence-electron chi connectivity index (χ2n) is 3.94. The van der Waals surface area contributed by atoms with Gasteiger partial charge in [-0.25, -0.2) is 0 Å². The number of benzene rings is 1. The molecule has 81 valence electrons. The van der Waals surface area contributed by atoms with Gasteiger partial charge in [-0.3, -0.25) is 4.79 Å². The van der Waals surface area contributed by atoms with Crippen molar-refractivity contribution < 1.29 is 9.53 Å². The fraction of sp³-hybridized carbons (Fsp3) is 0.385. The van der Waals surface area contributed by atoms with Crippen molar-refractivity contribution in [3.8, 4) is 0 Å². The molecule has 2 heteroatoms. The molecule has 0 saturated carbocycles. The van der Waals surface area contributed by atoms with E-state index >= 15 is 0 Å². The topological polar surface area (TPSA) is 26.3 Å². The molecule has 1 aromatic carbocycles. The molecule has 0 saturated heterocycles. The van der Waals surface area contributed by atoms with Gasteiger partial charge >= 0.3 is 5.97 Å². The van der Waals surface area contributed by atoms with Gasteiger partial charge < -0.3 is 4.74 Å². The highest BCUT2D eigenvalue weighted by molar-refractivity contribution is 5.73. The summed E-state index contributed by atoms with van der Waals surface area (Å²) >= 11 is 0. The lowest BCUT2D eigenvalue weighted by molar-refractivity contribution is -0.149. The summed E-state index contributed by atoms with van der Waals surface area (Å²) in [4.78, 5) is 11.5. The highest BCUT2D eigenvalue weighted by Gasteiger charge is 2.17. The Balaban J connectivity index is 2.41. The number of carbonyl (C=O) groups excluding carboxylic acids is 1. The molecule has 0 aliphatic carbocycles. The molecule has 2 nitrogen and oxygen atoms in total. The van der Waals surface area contributed by atoms with Crippen molar-refractivity contribution in [2.75, 3.05) is 0 Å². The standard InChI is InChI=1S/C13H17O2/c1-10(2)11(3)13(14)15-9-12-7-5-4-6-8-12/h4-8,10-11H,3,9H2,1-2H3. The Hall–Kier alpha value is -1.31. The summed E-state index contributed by atoms with van der Waals surface area (Å²) in [5.41, 5.74) is 1.00. The van der Waals surface area contributed by atoms with Crippen LogP contribution in [0.3, 0.4) is 0 Å². The van der Waals surface area contributed by atoms with Crippen LogP contribution >= 0.6 is 0 Å². The van der Waals surface area contributed by atoms with E-state index in [1.165, 1.54) is 0 Å². The van der Waals surface area contributed by atoms with E-state index in [1.807, 2.05) is 44.2 Å². The molecule has 0 aliphatic rings. The van der Waals surface area contributed by atoms with Crippen molar-refractivity contribution in [1.82, 2.24) is 0 Å². The summed E-state index contributed by atoms with van der Waals surface area (Å²) in [6.07, 6.45) is 0. The normalized spacial score (nSPS) is 12.5. The molecule has 0 aromatic heterocycles. The quantitative estimate of drug-likeness (QED) is 0.706. The molecule has 1 radical (unpaired) electrons. The average molecular weight is 205 g/mol. The van der Waals surface area contributed by atoms with E-state index in [9.17, 15) is 4.79 Å². The molecule has 0 amide bonds. The van der Waals surface area contributed by atoms with Crippen LogP contribution in [0.25, 0.3) is 0 Å². The molecular weight excluding hydrogens is 188 g/mol. The van der Waals surface area contributed by atoms with Crippen molar-refractivity contribution in [3.05, 3.63) is 42.8 Å². The summed E-state index contributed by atoms with van der Waals surface area (Å²) in [7, 11) is 0. The Morgan fingerprint density at radius 3 is 2.47 bits per heavy atom. The minimum atomic E-state index is -0.284. The lowest BCUT2D eigenvalue weighted by Crippen LogP contribution is -2.19. The van der Waals surface area contributed by atoms with Crippen molar-refractivity contribution in [2.45, 2.75) is 20.5 Å². The van der Waals surface area contributed by atoms with Crippen LogP contribution in [0.1, 0.15) is 19.4 Å². The second kappa shape index (κ2) is 5.54. The van der Waals surface area contributed by atoms with Gasteiger partial charge in [-0.15, -0.1) is 0 Å². The summed E-state index contributed by atoms with van der Waals surface area (Å²) in [5, 5.41) is 0. The Bertz CT molecular complexity index is 304. The van der Waals surface area contributed by atoms with E-state index in [2.05, 4.69) is 6.92 Å².